The summed E-state index contributed by atoms with van der Waals surface area (Å²) in [4.78, 5) is 0. The lowest BCUT2D eigenvalue weighted by atomic mass is 9.88. The Bertz CT molecular complexity index is 2760. The summed E-state index contributed by atoms with van der Waals surface area (Å²) in [7, 11) is 0. The van der Waals surface area contributed by atoms with Gasteiger partial charge < -0.3 is 8.98 Å². The molecule has 44 heavy (non-hydrogen) atoms. The normalized spacial score (nSPS) is 12.1. The molecule has 0 saturated carbocycles. The Balaban J connectivity index is 1.46. The molecule has 0 radical (unpaired) electrons. The maximum absolute atomic E-state index is 6.56. The Morgan fingerprint density at radius 3 is 1.86 bits per heavy atom. The number of rotatable bonds is 2. The summed E-state index contributed by atoms with van der Waals surface area (Å²) in [5, 5.41) is 12.4. The van der Waals surface area contributed by atoms with Crippen molar-refractivity contribution in [3.8, 4) is 16.8 Å². The molecule has 2 heteroatoms. The Labute approximate surface area is 253 Å². The van der Waals surface area contributed by atoms with Gasteiger partial charge in [-0.3, -0.25) is 0 Å². The molecule has 0 saturated heterocycles. The number of benzene rings is 8. The van der Waals surface area contributed by atoms with Crippen LogP contribution >= 0.6 is 0 Å². The SMILES string of the molecule is c1ccc(-n2c3ccccc3c3c4c5ccccc5c(-c5cccc6c5oc5ccccc56)cc4c4ccccc4c32)cc1. The molecule has 0 aliphatic rings. The largest absolute Gasteiger partial charge is 0.455 e. The van der Waals surface area contributed by atoms with Gasteiger partial charge in [0.1, 0.15) is 11.2 Å². The van der Waals surface area contributed by atoms with Gasteiger partial charge in [-0.2, -0.15) is 0 Å². The highest BCUT2D eigenvalue weighted by Crippen LogP contribution is 2.48. The quantitative estimate of drug-likeness (QED) is 0.193. The van der Waals surface area contributed by atoms with E-state index in [-0.39, 0.29) is 0 Å². The van der Waals surface area contributed by atoms with Crippen molar-refractivity contribution in [3.05, 3.63) is 152 Å². The Hall–Kier alpha value is -5.86. The van der Waals surface area contributed by atoms with Gasteiger partial charge in [0.05, 0.1) is 11.0 Å². The monoisotopic (exact) mass is 559 g/mol. The van der Waals surface area contributed by atoms with Gasteiger partial charge in [-0.15, -0.1) is 0 Å². The molecule has 0 bridgehead atoms. The van der Waals surface area contributed by atoms with E-state index in [1.54, 1.807) is 0 Å². The van der Waals surface area contributed by atoms with E-state index in [2.05, 4.69) is 150 Å². The average molecular weight is 560 g/mol. The van der Waals surface area contributed by atoms with E-state index in [0.717, 1.165) is 27.5 Å². The highest BCUT2D eigenvalue weighted by molar-refractivity contribution is 6.38. The fourth-order valence-corrected chi connectivity index (χ4v) is 7.56. The molecule has 0 aliphatic heterocycles. The Kier molecular flexibility index (Phi) is 4.75. The van der Waals surface area contributed by atoms with Gasteiger partial charge in [-0.05, 0) is 57.4 Å². The van der Waals surface area contributed by atoms with E-state index < -0.39 is 0 Å². The van der Waals surface area contributed by atoms with Gasteiger partial charge in [0.15, 0.2) is 0 Å². The Morgan fingerprint density at radius 1 is 0.386 bits per heavy atom. The number of fused-ring (bicyclic) bond motifs is 13. The standard InChI is InChI=1S/C42H25NO/c1-2-13-26(14-3-1)43-37-23-10-8-20-34(37)40-39-30-18-6-4-15-27(30)35(25-36(39)28-16-5-7-19-31(28)41(40)43)33-22-12-21-32-29-17-9-11-24-38(29)44-42(32)33/h1-25H. The number of aromatic nitrogens is 1. The van der Waals surface area contributed by atoms with Crippen molar-refractivity contribution in [1.82, 2.24) is 4.57 Å². The number of nitrogens with zero attached hydrogens (tertiary/aromatic N) is 1. The molecule has 0 unspecified atom stereocenters. The minimum atomic E-state index is 0.918. The van der Waals surface area contributed by atoms with Crippen molar-refractivity contribution in [3.63, 3.8) is 0 Å². The first kappa shape index (κ1) is 23.7. The topological polar surface area (TPSA) is 18.1 Å². The smallest absolute Gasteiger partial charge is 0.143 e. The third-order valence-corrected chi connectivity index (χ3v) is 9.35. The van der Waals surface area contributed by atoms with Crippen LogP contribution < -0.4 is 0 Å². The maximum Gasteiger partial charge on any atom is 0.143 e. The van der Waals surface area contributed by atoms with Crippen LogP contribution in [0, 0.1) is 0 Å². The average Bonchev–Trinajstić information content (AvgIpc) is 3.65. The number of hydrogen-bond donors (Lipinski definition) is 0. The first-order chi connectivity index (χ1) is 21.9. The number of hydrogen-bond acceptors (Lipinski definition) is 1. The highest BCUT2D eigenvalue weighted by atomic mass is 16.3. The van der Waals surface area contributed by atoms with Gasteiger partial charge in [0, 0.05) is 43.6 Å². The molecule has 0 amide bonds. The molecule has 0 N–H and O–H groups in total. The summed E-state index contributed by atoms with van der Waals surface area (Å²) in [5.41, 5.74) is 7.79. The van der Waals surface area contributed by atoms with Crippen molar-refractivity contribution < 1.29 is 4.42 Å². The van der Waals surface area contributed by atoms with E-state index >= 15 is 0 Å². The zero-order valence-electron chi connectivity index (χ0n) is 23.8. The fraction of sp³-hybridized carbons (Fsp3) is 0. The van der Waals surface area contributed by atoms with Crippen LogP contribution in [0.5, 0.6) is 0 Å². The van der Waals surface area contributed by atoms with Crippen LogP contribution in [-0.2, 0) is 0 Å². The molecule has 204 valence electrons. The molecule has 2 aromatic heterocycles. The summed E-state index contributed by atoms with van der Waals surface area (Å²) < 4.78 is 9.01. The van der Waals surface area contributed by atoms with Crippen molar-refractivity contribution in [1.29, 1.82) is 0 Å². The van der Waals surface area contributed by atoms with Crippen LogP contribution in [0.25, 0.3) is 92.9 Å². The van der Waals surface area contributed by atoms with Gasteiger partial charge in [0.2, 0.25) is 0 Å². The molecule has 10 aromatic rings. The van der Waals surface area contributed by atoms with E-state index in [4.69, 9.17) is 4.42 Å². The van der Waals surface area contributed by atoms with Crippen LogP contribution in [0.3, 0.4) is 0 Å². The van der Waals surface area contributed by atoms with Crippen molar-refractivity contribution >= 4 is 76.1 Å². The molecule has 0 aliphatic carbocycles. The lowest BCUT2D eigenvalue weighted by Crippen LogP contribution is -1.94. The van der Waals surface area contributed by atoms with E-state index in [9.17, 15) is 0 Å². The summed E-state index contributed by atoms with van der Waals surface area (Å²) in [5.74, 6) is 0. The molecule has 2 heterocycles. The van der Waals surface area contributed by atoms with E-state index in [1.807, 2.05) is 6.07 Å². The zero-order valence-corrected chi connectivity index (χ0v) is 23.8. The second kappa shape index (κ2) is 8.82. The second-order valence-corrected chi connectivity index (χ2v) is 11.6. The molecule has 10 rings (SSSR count). The third kappa shape index (κ3) is 3.09. The predicted octanol–water partition coefficient (Wildman–Crippen LogP) is 11.8. The lowest BCUT2D eigenvalue weighted by molar-refractivity contribution is 0.670. The molecule has 2 nitrogen and oxygen atoms in total. The van der Waals surface area contributed by atoms with Gasteiger partial charge in [-0.25, -0.2) is 0 Å². The predicted molar refractivity (Wildman–Crippen MR) is 186 cm³/mol. The summed E-state index contributed by atoms with van der Waals surface area (Å²) >= 11 is 0. The van der Waals surface area contributed by atoms with Crippen LogP contribution in [0.4, 0.5) is 0 Å². The molecule has 0 spiro atoms. The Morgan fingerprint density at radius 2 is 1.02 bits per heavy atom. The van der Waals surface area contributed by atoms with Gasteiger partial charge >= 0.3 is 0 Å². The van der Waals surface area contributed by atoms with E-state index in [1.165, 1.54) is 65.4 Å². The van der Waals surface area contributed by atoms with Crippen LogP contribution in [0.2, 0.25) is 0 Å². The molecular weight excluding hydrogens is 534 g/mol. The first-order valence-electron chi connectivity index (χ1n) is 15.1. The maximum atomic E-state index is 6.56. The van der Waals surface area contributed by atoms with Crippen LogP contribution in [-0.4, -0.2) is 4.57 Å². The van der Waals surface area contributed by atoms with E-state index in [0.29, 0.717) is 0 Å². The molecule has 8 aromatic carbocycles. The lowest BCUT2D eigenvalue weighted by Gasteiger charge is -2.16. The number of furan rings is 1. The summed E-state index contributed by atoms with van der Waals surface area (Å²) in [6.45, 7) is 0. The molecule has 0 atom stereocenters. The highest BCUT2D eigenvalue weighted by Gasteiger charge is 2.22. The van der Waals surface area contributed by atoms with Gasteiger partial charge in [0.25, 0.3) is 0 Å². The van der Waals surface area contributed by atoms with Crippen molar-refractivity contribution in [2.24, 2.45) is 0 Å². The molecular formula is C42H25NO. The third-order valence-electron chi connectivity index (χ3n) is 9.35. The number of para-hydroxylation sites is 4. The first-order valence-corrected chi connectivity index (χ1v) is 15.1. The van der Waals surface area contributed by atoms with Crippen LogP contribution in [0.1, 0.15) is 0 Å². The summed E-state index contributed by atoms with van der Waals surface area (Å²) in [6, 6.07) is 54.7. The van der Waals surface area contributed by atoms with Gasteiger partial charge in [-0.1, -0.05) is 121 Å². The summed E-state index contributed by atoms with van der Waals surface area (Å²) in [6.07, 6.45) is 0. The second-order valence-electron chi connectivity index (χ2n) is 11.6. The zero-order chi connectivity index (χ0) is 28.8. The fourth-order valence-electron chi connectivity index (χ4n) is 7.56. The molecule has 0 fully saturated rings. The van der Waals surface area contributed by atoms with Crippen LogP contribution in [0.15, 0.2) is 156 Å². The minimum absolute atomic E-state index is 0.918. The van der Waals surface area contributed by atoms with Crippen molar-refractivity contribution in [2.45, 2.75) is 0 Å². The van der Waals surface area contributed by atoms with Crippen molar-refractivity contribution in [2.75, 3.05) is 0 Å². The minimum Gasteiger partial charge on any atom is -0.455 e.